The number of nitrogens with one attached hydrogen (secondary N) is 1. The molecular weight excluding hydrogens is 270 g/mol. The van der Waals surface area contributed by atoms with Crippen LogP contribution in [-0.4, -0.2) is 14.7 Å². The lowest BCUT2D eigenvalue weighted by molar-refractivity contribution is -0.384. The molecule has 0 aliphatic carbocycles. The molecule has 0 aliphatic heterocycles. The van der Waals surface area contributed by atoms with Crippen LogP contribution in [0.3, 0.4) is 0 Å². The fraction of sp³-hybridized carbons (Fsp3) is 0.250. The van der Waals surface area contributed by atoms with Gasteiger partial charge in [0.15, 0.2) is 17.3 Å². The van der Waals surface area contributed by atoms with E-state index in [4.69, 9.17) is 0 Å². The van der Waals surface area contributed by atoms with Crippen molar-refractivity contribution in [3.8, 4) is 0 Å². The van der Waals surface area contributed by atoms with E-state index in [0.29, 0.717) is 12.1 Å². The van der Waals surface area contributed by atoms with Gasteiger partial charge in [0.05, 0.1) is 11.1 Å². The summed E-state index contributed by atoms with van der Waals surface area (Å²) in [6.07, 6.45) is 3.27. The van der Waals surface area contributed by atoms with Crippen LogP contribution in [0.5, 0.6) is 0 Å². The van der Waals surface area contributed by atoms with Crippen molar-refractivity contribution in [1.82, 2.24) is 9.78 Å². The van der Waals surface area contributed by atoms with Gasteiger partial charge in [0.25, 0.3) is 5.69 Å². The van der Waals surface area contributed by atoms with Crippen molar-refractivity contribution in [3.63, 3.8) is 0 Å². The first-order valence-corrected chi connectivity index (χ1v) is 5.90. The van der Waals surface area contributed by atoms with Crippen LogP contribution in [0.15, 0.2) is 24.5 Å². The first-order valence-electron chi connectivity index (χ1n) is 5.90. The highest BCUT2D eigenvalue weighted by molar-refractivity contribution is 5.62. The van der Waals surface area contributed by atoms with Crippen LogP contribution >= 0.6 is 0 Å². The quantitative estimate of drug-likeness (QED) is 0.676. The van der Waals surface area contributed by atoms with E-state index in [1.165, 1.54) is 0 Å². The van der Waals surface area contributed by atoms with Gasteiger partial charge in [-0.15, -0.1) is 0 Å². The molecule has 0 saturated carbocycles. The molecule has 0 aliphatic rings. The number of halogens is 2. The number of nitro groups is 1. The molecule has 106 valence electrons. The Morgan fingerprint density at radius 2 is 2.20 bits per heavy atom. The third-order valence-corrected chi connectivity index (χ3v) is 2.75. The van der Waals surface area contributed by atoms with Crippen molar-refractivity contribution in [3.05, 3.63) is 51.8 Å². The Hall–Kier alpha value is -2.51. The SMILES string of the molecule is CCn1cc(CNc2c([N+](=O)[O-])ccc(F)c2F)cn1. The highest BCUT2D eigenvalue weighted by Crippen LogP contribution is 2.29. The molecule has 8 heteroatoms. The highest BCUT2D eigenvalue weighted by atomic mass is 19.2. The van der Waals surface area contributed by atoms with Crippen LogP contribution in [0.1, 0.15) is 12.5 Å². The summed E-state index contributed by atoms with van der Waals surface area (Å²) in [5.74, 6) is -2.40. The maximum Gasteiger partial charge on any atom is 0.295 e. The normalized spacial score (nSPS) is 10.6. The Morgan fingerprint density at radius 1 is 1.45 bits per heavy atom. The molecule has 1 aromatic carbocycles. The molecule has 1 N–H and O–H groups in total. The summed E-state index contributed by atoms with van der Waals surface area (Å²) in [6, 6.07) is 1.66. The van der Waals surface area contributed by atoms with Crippen molar-refractivity contribution in [2.45, 2.75) is 20.0 Å². The summed E-state index contributed by atoms with van der Waals surface area (Å²) in [7, 11) is 0. The zero-order valence-corrected chi connectivity index (χ0v) is 10.6. The molecule has 0 saturated heterocycles. The average Bonchev–Trinajstić information content (AvgIpc) is 2.88. The summed E-state index contributed by atoms with van der Waals surface area (Å²) < 4.78 is 28.4. The van der Waals surface area contributed by atoms with Gasteiger partial charge in [0, 0.05) is 30.9 Å². The molecule has 2 aromatic rings. The Morgan fingerprint density at radius 3 is 2.80 bits per heavy atom. The maximum absolute atomic E-state index is 13.6. The van der Waals surface area contributed by atoms with E-state index in [2.05, 4.69) is 10.4 Å². The van der Waals surface area contributed by atoms with E-state index in [-0.39, 0.29) is 6.54 Å². The zero-order valence-electron chi connectivity index (χ0n) is 10.6. The zero-order chi connectivity index (χ0) is 14.7. The van der Waals surface area contributed by atoms with E-state index in [0.717, 1.165) is 12.1 Å². The number of hydrogen-bond acceptors (Lipinski definition) is 4. The van der Waals surface area contributed by atoms with E-state index in [1.807, 2.05) is 6.92 Å². The van der Waals surface area contributed by atoms with Gasteiger partial charge in [-0.3, -0.25) is 14.8 Å². The van der Waals surface area contributed by atoms with Crippen molar-refractivity contribution >= 4 is 11.4 Å². The van der Waals surface area contributed by atoms with Gasteiger partial charge in [0.1, 0.15) is 0 Å². The lowest BCUT2D eigenvalue weighted by atomic mass is 10.2. The first kappa shape index (κ1) is 13.9. The van der Waals surface area contributed by atoms with Crippen LogP contribution in [0.25, 0.3) is 0 Å². The Bertz CT molecular complexity index is 642. The standard InChI is InChI=1S/C12H12F2N4O2/c1-2-17-7-8(6-16-17)5-15-12-10(18(19)20)4-3-9(13)11(12)14/h3-4,6-7,15H,2,5H2,1H3. The Kier molecular flexibility index (Phi) is 3.92. The van der Waals surface area contributed by atoms with Crippen LogP contribution in [0, 0.1) is 21.7 Å². The molecule has 1 aromatic heterocycles. The molecule has 0 spiro atoms. The molecule has 1 heterocycles. The molecule has 0 amide bonds. The van der Waals surface area contributed by atoms with Crippen molar-refractivity contribution in [1.29, 1.82) is 0 Å². The number of nitrogens with zero attached hydrogens (tertiary/aromatic N) is 3. The predicted molar refractivity (Wildman–Crippen MR) is 68.2 cm³/mol. The average molecular weight is 282 g/mol. The predicted octanol–water partition coefficient (Wildman–Crippen LogP) is 2.70. The number of aryl methyl sites for hydroxylation is 1. The van der Waals surface area contributed by atoms with Gasteiger partial charge >= 0.3 is 0 Å². The second-order valence-electron chi connectivity index (χ2n) is 4.07. The molecule has 0 bridgehead atoms. The van der Waals surface area contributed by atoms with Crippen molar-refractivity contribution < 1.29 is 13.7 Å². The second kappa shape index (κ2) is 5.64. The smallest absolute Gasteiger partial charge is 0.295 e. The Labute approximate surface area is 113 Å². The van der Waals surface area contributed by atoms with Gasteiger partial charge in [-0.25, -0.2) is 8.78 Å². The molecule has 20 heavy (non-hydrogen) atoms. The number of nitro benzene ring substituents is 1. The minimum absolute atomic E-state index is 0.112. The summed E-state index contributed by atoms with van der Waals surface area (Å²) in [6.45, 7) is 2.69. The number of benzene rings is 1. The molecule has 0 atom stereocenters. The third kappa shape index (κ3) is 2.73. The molecule has 0 unspecified atom stereocenters. The highest BCUT2D eigenvalue weighted by Gasteiger charge is 2.21. The topological polar surface area (TPSA) is 73.0 Å². The van der Waals surface area contributed by atoms with Crippen LogP contribution in [-0.2, 0) is 13.1 Å². The van der Waals surface area contributed by atoms with Gasteiger partial charge in [0.2, 0.25) is 0 Å². The molecule has 0 radical (unpaired) electrons. The second-order valence-corrected chi connectivity index (χ2v) is 4.07. The minimum atomic E-state index is -1.26. The minimum Gasteiger partial charge on any atom is -0.373 e. The van der Waals surface area contributed by atoms with Gasteiger partial charge in [-0.05, 0) is 13.0 Å². The van der Waals surface area contributed by atoms with E-state index < -0.39 is 27.9 Å². The summed E-state index contributed by atoms with van der Waals surface area (Å²) >= 11 is 0. The largest absolute Gasteiger partial charge is 0.373 e. The molecular formula is C12H12F2N4O2. The van der Waals surface area contributed by atoms with Crippen LogP contribution in [0.4, 0.5) is 20.2 Å². The third-order valence-electron chi connectivity index (χ3n) is 2.75. The number of aromatic nitrogens is 2. The Balaban J connectivity index is 2.23. The van der Waals surface area contributed by atoms with Crippen LogP contribution in [0.2, 0.25) is 0 Å². The molecule has 0 fully saturated rings. The first-order chi connectivity index (χ1) is 9.52. The van der Waals surface area contributed by atoms with Gasteiger partial charge < -0.3 is 5.32 Å². The summed E-state index contributed by atoms with van der Waals surface area (Å²) in [4.78, 5) is 10.0. The van der Waals surface area contributed by atoms with E-state index in [1.54, 1.807) is 17.1 Å². The monoisotopic (exact) mass is 282 g/mol. The van der Waals surface area contributed by atoms with E-state index in [9.17, 15) is 18.9 Å². The number of rotatable bonds is 5. The number of hydrogen-bond donors (Lipinski definition) is 1. The van der Waals surface area contributed by atoms with Gasteiger partial charge in [-0.2, -0.15) is 5.10 Å². The molecule has 6 nitrogen and oxygen atoms in total. The maximum atomic E-state index is 13.6. The van der Waals surface area contributed by atoms with E-state index >= 15 is 0 Å². The summed E-state index contributed by atoms with van der Waals surface area (Å²) in [5.41, 5.74) is -0.254. The number of anilines is 1. The van der Waals surface area contributed by atoms with Gasteiger partial charge in [-0.1, -0.05) is 0 Å². The molecule has 2 rings (SSSR count). The lowest BCUT2D eigenvalue weighted by Gasteiger charge is -2.07. The summed E-state index contributed by atoms with van der Waals surface area (Å²) in [5, 5.41) is 17.4. The van der Waals surface area contributed by atoms with Crippen molar-refractivity contribution in [2.24, 2.45) is 0 Å². The van der Waals surface area contributed by atoms with Crippen molar-refractivity contribution in [2.75, 3.05) is 5.32 Å². The fourth-order valence-electron chi connectivity index (χ4n) is 1.72. The fourth-order valence-corrected chi connectivity index (χ4v) is 1.72. The lowest BCUT2D eigenvalue weighted by Crippen LogP contribution is -2.06. The van der Waals surface area contributed by atoms with Crippen LogP contribution < -0.4 is 5.32 Å².